The molecule has 0 bridgehead atoms. The lowest BCUT2D eigenvalue weighted by Crippen LogP contribution is -2.62. The molecule has 1 atom stereocenters. The minimum Gasteiger partial charge on any atom is -0.428 e. The fraction of sp³-hybridized carbons (Fsp3) is 0.333. The molecule has 3 amide bonds. The van der Waals surface area contributed by atoms with Crippen LogP contribution in [0.3, 0.4) is 0 Å². The summed E-state index contributed by atoms with van der Waals surface area (Å²) in [6, 6.07) is 14.0. The molecule has 230 valence electrons. The van der Waals surface area contributed by atoms with E-state index in [1.807, 2.05) is 0 Å². The van der Waals surface area contributed by atoms with Crippen LogP contribution in [0.2, 0.25) is 0 Å². The third-order valence-electron chi connectivity index (χ3n) is 7.54. The molecular formula is C30H29F6N3O4. The van der Waals surface area contributed by atoms with E-state index in [1.165, 1.54) is 31.2 Å². The second-order valence-electron chi connectivity index (χ2n) is 10.2. The highest BCUT2D eigenvalue weighted by Gasteiger charge is 2.51. The van der Waals surface area contributed by atoms with Crippen molar-refractivity contribution < 1.29 is 45.5 Å². The average molecular weight is 610 g/mol. The van der Waals surface area contributed by atoms with Crippen molar-refractivity contribution in [2.75, 3.05) is 14.2 Å². The van der Waals surface area contributed by atoms with Gasteiger partial charge >= 0.3 is 18.6 Å². The quantitative estimate of drug-likeness (QED) is 0.218. The maximum Gasteiger partial charge on any atom is 0.461 e. The molecule has 1 fully saturated rings. The zero-order chi connectivity index (χ0) is 31.5. The van der Waals surface area contributed by atoms with Crippen LogP contribution in [0.15, 0.2) is 72.8 Å². The topological polar surface area (TPSA) is 85.1 Å². The van der Waals surface area contributed by atoms with Crippen molar-refractivity contribution in [1.82, 2.24) is 9.96 Å². The highest BCUT2D eigenvalue weighted by atomic mass is 19.3. The summed E-state index contributed by atoms with van der Waals surface area (Å²) in [5.41, 5.74) is 4.77. The zero-order valence-electron chi connectivity index (χ0n) is 23.2. The van der Waals surface area contributed by atoms with Crippen LogP contribution in [0.25, 0.3) is 0 Å². The summed E-state index contributed by atoms with van der Waals surface area (Å²) in [7, 11) is 2.73. The van der Waals surface area contributed by atoms with E-state index in [4.69, 9.17) is 10.6 Å². The van der Waals surface area contributed by atoms with E-state index in [9.17, 15) is 31.5 Å². The first kappa shape index (κ1) is 31.7. The molecule has 3 aromatic rings. The van der Waals surface area contributed by atoms with Crippen LogP contribution in [0.1, 0.15) is 29.5 Å². The van der Waals surface area contributed by atoms with Gasteiger partial charge in [0.25, 0.3) is 0 Å². The monoisotopic (exact) mass is 609 g/mol. The molecule has 0 saturated heterocycles. The molecule has 4 rings (SSSR count). The Kier molecular flexibility index (Phi) is 9.24. The molecule has 1 aliphatic carbocycles. The molecule has 3 aromatic carbocycles. The first-order chi connectivity index (χ1) is 20.3. The standard InChI is InChI=1S/C30H29F6N3O4/c1-38(42-2)26(40)19-12-24(13-19)39(28(37)41)29(17-18-6-4-3-5-7-18,20-8-10-22(31)11-9-20)21-14-23(32)16-25(15-21)43-30(35,36)27(33)34/h3-11,14-16,19,24,27H,12-13,17H2,1-2H3,(H2,37,41)/t19-,24-,29-/m1/s1. The van der Waals surface area contributed by atoms with E-state index in [1.54, 1.807) is 30.3 Å². The Bertz CT molecular complexity index is 1440. The summed E-state index contributed by atoms with van der Waals surface area (Å²) in [4.78, 5) is 32.2. The lowest BCUT2D eigenvalue weighted by Gasteiger charge is -2.52. The van der Waals surface area contributed by atoms with Gasteiger partial charge < -0.3 is 15.4 Å². The van der Waals surface area contributed by atoms with Crippen molar-refractivity contribution in [3.8, 4) is 5.75 Å². The lowest BCUT2D eigenvalue weighted by molar-refractivity contribution is -0.253. The molecule has 43 heavy (non-hydrogen) atoms. The van der Waals surface area contributed by atoms with Crippen LogP contribution < -0.4 is 10.5 Å². The third kappa shape index (κ3) is 6.56. The van der Waals surface area contributed by atoms with Gasteiger partial charge in [-0.1, -0.05) is 42.5 Å². The van der Waals surface area contributed by atoms with Gasteiger partial charge in [0, 0.05) is 31.5 Å². The first-order valence-corrected chi connectivity index (χ1v) is 13.1. The number of hydroxylamine groups is 2. The van der Waals surface area contributed by atoms with Crippen LogP contribution in [0.5, 0.6) is 5.75 Å². The Morgan fingerprint density at radius 1 is 0.953 bits per heavy atom. The van der Waals surface area contributed by atoms with Gasteiger partial charge in [-0.25, -0.2) is 18.6 Å². The summed E-state index contributed by atoms with van der Waals surface area (Å²) in [5.74, 6) is -3.65. The van der Waals surface area contributed by atoms with E-state index >= 15 is 4.39 Å². The smallest absolute Gasteiger partial charge is 0.428 e. The van der Waals surface area contributed by atoms with Gasteiger partial charge in [-0.3, -0.25) is 9.63 Å². The number of urea groups is 1. The maximum atomic E-state index is 15.1. The van der Waals surface area contributed by atoms with Crippen molar-refractivity contribution in [2.24, 2.45) is 11.7 Å². The van der Waals surface area contributed by atoms with Gasteiger partial charge in [-0.2, -0.15) is 17.6 Å². The largest absolute Gasteiger partial charge is 0.461 e. The van der Waals surface area contributed by atoms with Crippen molar-refractivity contribution in [3.63, 3.8) is 0 Å². The molecule has 0 aliphatic heterocycles. The number of hydrogen-bond donors (Lipinski definition) is 1. The van der Waals surface area contributed by atoms with Crippen LogP contribution in [0.4, 0.5) is 31.1 Å². The second-order valence-corrected chi connectivity index (χ2v) is 10.2. The van der Waals surface area contributed by atoms with Crippen molar-refractivity contribution in [1.29, 1.82) is 0 Å². The summed E-state index contributed by atoms with van der Waals surface area (Å²) < 4.78 is 87.4. The Morgan fingerprint density at radius 2 is 1.58 bits per heavy atom. The third-order valence-corrected chi connectivity index (χ3v) is 7.54. The summed E-state index contributed by atoms with van der Waals surface area (Å²) in [5, 5.41) is 1.03. The Balaban J connectivity index is 1.95. The number of halogens is 6. The zero-order valence-corrected chi connectivity index (χ0v) is 23.2. The predicted molar refractivity (Wildman–Crippen MR) is 143 cm³/mol. The van der Waals surface area contributed by atoms with Crippen LogP contribution in [0, 0.1) is 17.6 Å². The average Bonchev–Trinajstić information content (AvgIpc) is 2.93. The van der Waals surface area contributed by atoms with Crippen LogP contribution in [-0.2, 0) is 21.6 Å². The maximum absolute atomic E-state index is 15.1. The van der Waals surface area contributed by atoms with Gasteiger partial charge in [0.1, 0.15) is 17.4 Å². The van der Waals surface area contributed by atoms with Gasteiger partial charge in [0.15, 0.2) is 0 Å². The lowest BCUT2D eigenvalue weighted by atomic mass is 9.71. The van der Waals surface area contributed by atoms with E-state index < -0.39 is 53.4 Å². The number of nitrogens with zero attached hydrogens (tertiary/aromatic N) is 2. The highest BCUT2D eigenvalue weighted by Crippen LogP contribution is 2.47. The van der Waals surface area contributed by atoms with Gasteiger partial charge in [0.2, 0.25) is 5.91 Å². The second kappa shape index (κ2) is 12.5. The molecule has 0 unspecified atom stereocenters. The summed E-state index contributed by atoms with van der Waals surface area (Å²) in [6.45, 7) is 0. The minimum atomic E-state index is -4.96. The molecule has 13 heteroatoms. The number of ether oxygens (including phenoxy) is 1. The summed E-state index contributed by atoms with van der Waals surface area (Å²) >= 11 is 0. The molecule has 7 nitrogen and oxygen atoms in total. The number of carbonyl (C=O) groups excluding carboxylic acids is 2. The fourth-order valence-corrected chi connectivity index (χ4v) is 5.44. The van der Waals surface area contributed by atoms with Crippen LogP contribution in [-0.4, -0.2) is 54.6 Å². The molecule has 1 aliphatic rings. The first-order valence-electron chi connectivity index (χ1n) is 13.1. The molecule has 0 spiro atoms. The number of amides is 3. The van der Waals surface area contributed by atoms with E-state index in [-0.39, 0.29) is 36.3 Å². The SMILES string of the molecule is CON(C)C(=O)[C@H]1C[C@H](N(C(N)=O)[C@](Cc2ccccc2)(c2ccc(F)cc2)c2cc(F)cc(OC(F)(F)C(F)F)c2)C1. The Hall–Kier alpha value is -4.26. The molecule has 0 radical (unpaired) electrons. The minimum absolute atomic E-state index is 0.106. The van der Waals surface area contributed by atoms with E-state index in [2.05, 4.69) is 4.74 Å². The molecule has 2 N–H and O–H groups in total. The number of nitrogens with two attached hydrogens (primary N) is 1. The molecule has 1 saturated carbocycles. The predicted octanol–water partition coefficient (Wildman–Crippen LogP) is 5.87. The summed E-state index contributed by atoms with van der Waals surface area (Å²) in [6.07, 6.45) is -9.10. The fourth-order valence-electron chi connectivity index (χ4n) is 5.44. The number of carbonyl (C=O) groups is 2. The number of rotatable bonds is 11. The number of primary amides is 1. The van der Waals surface area contributed by atoms with Crippen molar-refractivity contribution in [3.05, 3.63) is 101 Å². The molecule has 0 aromatic heterocycles. The number of hydrogen-bond acceptors (Lipinski definition) is 4. The number of alkyl halides is 4. The number of benzene rings is 3. The molecule has 0 heterocycles. The van der Waals surface area contributed by atoms with Gasteiger partial charge in [-0.15, -0.1) is 0 Å². The molecular weight excluding hydrogens is 580 g/mol. The van der Waals surface area contributed by atoms with Gasteiger partial charge in [-0.05, 0) is 53.8 Å². The van der Waals surface area contributed by atoms with Crippen LogP contribution >= 0.6 is 0 Å². The van der Waals surface area contributed by atoms with E-state index in [0.717, 1.165) is 29.3 Å². The van der Waals surface area contributed by atoms with Gasteiger partial charge in [0.05, 0.1) is 12.6 Å². The van der Waals surface area contributed by atoms with Crippen molar-refractivity contribution in [2.45, 2.75) is 43.4 Å². The Morgan fingerprint density at radius 3 is 2.14 bits per heavy atom. The van der Waals surface area contributed by atoms with E-state index in [0.29, 0.717) is 11.6 Å². The Labute approximate surface area is 243 Å². The normalized spacial score (nSPS) is 18.0. The van der Waals surface area contributed by atoms with Crippen molar-refractivity contribution >= 4 is 11.9 Å². The highest BCUT2D eigenvalue weighted by molar-refractivity contribution is 5.80.